The topological polar surface area (TPSA) is 43.4 Å². The summed E-state index contributed by atoms with van der Waals surface area (Å²) in [5.41, 5.74) is 0.0606. The van der Waals surface area contributed by atoms with Crippen LogP contribution in [0.4, 0.5) is 0 Å². The highest BCUT2D eigenvalue weighted by Gasteiger charge is 2.22. The Morgan fingerprint density at radius 3 is 2.15 bits per heavy atom. The van der Waals surface area contributed by atoms with Gasteiger partial charge in [0.2, 0.25) is 0 Å². The normalized spacial score (nSPS) is 11.9. The Morgan fingerprint density at radius 1 is 1.15 bits per heavy atom. The molecule has 13 heavy (non-hydrogen) atoms. The zero-order valence-corrected chi connectivity index (χ0v) is 8.45. The summed E-state index contributed by atoms with van der Waals surface area (Å²) in [5.74, 6) is 0. The molecule has 0 heterocycles. The Morgan fingerprint density at radius 2 is 1.69 bits per heavy atom. The zero-order valence-electron chi connectivity index (χ0n) is 7.56. The molecule has 0 unspecified atom stereocenters. The van der Waals surface area contributed by atoms with Crippen molar-refractivity contribution in [2.75, 3.05) is 0 Å². The fourth-order valence-corrected chi connectivity index (χ4v) is 1.56. The molecule has 0 saturated heterocycles. The number of thiol groups is 1. The minimum Gasteiger partial charge on any atom is -0.261 e. The third kappa shape index (κ3) is 2.82. The van der Waals surface area contributed by atoms with E-state index >= 15 is 0 Å². The lowest BCUT2D eigenvalue weighted by Gasteiger charge is -2.21. The highest BCUT2D eigenvalue weighted by atomic mass is 32.2. The molecule has 0 aliphatic carbocycles. The summed E-state index contributed by atoms with van der Waals surface area (Å²) in [5, 5.41) is 0. The Bertz CT molecular complexity index is 333. The fourth-order valence-electron chi connectivity index (χ4n) is 1.08. The molecule has 72 valence electrons. The summed E-state index contributed by atoms with van der Waals surface area (Å²) in [7, 11) is -2.81. The number of benzene rings is 1. The zero-order chi connectivity index (χ0) is 9.90. The number of hydrogen-bond donors (Lipinski definition) is 1. The van der Waals surface area contributed by atoms with Gasteiger partial charge in [0.05, 0.1) is 0 Å². The van der Waals surface area contributed by atoms with E-state index in [1.807, 2.05) is 30.3 Å². The van der Waals surface area contributed by atoms with Gasteiger partial charge in [0.15, 0.2) is 0 Å². The Hall–Kier alpha value is -0.870. The van der Waals surface area contributed by atoms with Crippen molar-refractivity contribution in [1.82, 2.24) is 0 Å². The average Bonchev–Trinajstić information content (AvgIpc) is 2.04. The maximum Gasteiger partial charge on any atom is 0.257 e. The van der Waals surface area contributed by atoms with Gasteiger partial charge in [-0.15, -0.1) is 0 Å². The molecule has 0 N–H and O–H groups in total. The quantitative estimate of drug-likeness (QED) is 0.751. The summed E-state index contributed by atoms with van der Waals surface area (Å²) in [6.07, 6.45) is 0. The molecule has 1 aromatic carbocycles. The number of hydrogen-bond acceptors (Lipinski definition) is 3. The highest BCUT2D eigenvalue weighted by Crippen LogP contribution is 2.23. The maximum atomic E-state index is 10.4. The van der Waals surface area contributed by atoms with Gasteiger partial charge in [0.25, 0.3) is 11.0 Å². The van der Waals surface area contributed by atoms with E-state index in [4.69, 9.17) is 4.18 Å². The van der Waals surface area contributed by atoms with Crippen LogP contribution in [0.2, 0.25) is 0 Å². The van der Waals surface area contributed by atoms with E-state index in [2.05, 4.69) is 0 Å². The summed E-state index contributed by atoms with van der Waals surface area (Å²) >= 11 is 0. The Kier molecular flexibility index (Phi) is 3.06. The van der Waals surface area contributed by atoms with Gasteiger partial charge >= 0.3 is 0 Å². The van der Waals surface area contributed by atoms with Gasteiger partial charge in [-0.3, -0.25) is 4.18 Å². The molecule has 0 amide bonds. The lowest BCUT2D eigenvalue weighted by atomic mass is 9.99. The van der Waals surface area contributed by atoms with E-state index in [1.165, 1.54) is 0 Å². The largest absolute Gasteiger partial charge is 0.261 e. The van der Waals surface area contributed by atoms with Gasteiger partial charge in [-0.25, -0.2) is 8.42 Å². The predicted molar refractivity (Wildman–Crippen MR) is 50.9 cm³/mol. The summed E-state index contributed by atoms with van der Waals surface area (Å²) < 4.78 is 25.6. The second-order valence-electron chi connectivity index (χ2n) is 3.19. The van der Waals surface area contributed by atoms with Gasteiger partial charge in [0.1, 0.15) is 5.60 Å². The van der Waals surface area contributed by atoms with Crippen LogP contribution >= 0.6 is 0 Å². The second-order valence-corrected chi connectivity index (χ2v) is 3.82. The van der Waals surface area contributed by atoms with Crippen LogP contribution in [0.15, 0.2) is 30.3 Å². The van der Waals surface area contributed by atoms with Crippen molar-refractivity contribution >= 4 is 11.0 Å². The van der Waals surface area contributed by atoms with Crippen molar-refractivity contribution in [3.8, 4) is 0 Å². The lowest BCUT2D eigenvalue weighted by molar-refractivity contribution is 0.125. The molecular weight excluding hydrogens is 188 g/mol. The first kappa shape index (κ1) is 10.2. The number of rotatable bonds is 3. The smallest absolute Gasteiger partial charge is 0.257 e. The van der Waals surface area contributed by atoms with Crippen LogP contribution in [0, 0.1) is 0 Å². The lowest BCUT2D eigenvalue weighted by Crippen LogP contribution is -2.20. The minimum absolute atomic E-state index is 0.781. The molecule has 3 nitrogen and oxygen atoms in total. The van der Waals surface area contributed by atoms with Gasteiger partial charge in [-0.2, -0.15) is 0 Å². The van der Waals surface area contributed by atoms with E-state index in [0.29, 0.717) is 0 Å². The van der Waals surface area contributed by atoms with Crippen LogP contribution in [0.25, 0.3) is 0 Å². The van der Waals surface area contributed by atoms with Gasteiger partial charge in [0, 0.05) is 0 Å². The molecule has 0 aromatic heterocycles. The van der Waals surface area contributed by atoms with E-state index in [1.54, 1.807) is 13.8 Å². The molecule has 4 heteroatoms. The molecule has 1 aromatic rings. The standard InChI is InChI=1S/C9H12O3S/c1-9(2,12-13(10)11)8-6-4-3-5-7-8/h3-7,13H,1-2H3. The van der Waals surface area contributed by atoms with Gasteiger partial charge in [-0.05, 0) is 19.4 Å². The van der Waals surface area contributed by atoms with Crippen molar-refractivity contribution in [2.45, 2.75) is 19.4 Å². The molecular formula is C9H12O3S. The van der Waals surface area contributed by atoms with E-state index in [9.17, 15) is 8.42 Å². The molecule has 0 atom stereocenters. The maximum absolute atomic E-state index is 10.4. The van der Waals surface area contributed by atoms with Crippen LogP contribution in [-0.4, -0.2) is 8.42 Å². The van der Waals surface area contributed by atoms with E-state index in [0.717, 1.165) is 5.56 Å². The fraction of sp³-hybridized carbons (Fsp3) is 0.333. The van der Waals surface area contributed by atoms with Crippen molar-refractivity contribution in [3.05, 3.63) is 35.9 Å². The highest BCUT2D eigenvalue weighted by molar-refractivity contribution is 7.67. The van der Waals surface area contributed by atoms with Crippen LogP contribution in [-0.2, 0) is 20.8 Å². The van der Waals surface area contributed by atoms with E-state index in [-0.39, 0.29) is 0 Å². The SMILES string of the molecule is CC(C)(O[SH](=O)=O)c1ccccc1. The average molecular weight is 200 g/mol. The van der Waals surface area contributed by atoms with Crippen LogP contribution in [0.5, 0.6) is 0 Å². The molecule has 0 aliphatic heterocycles. The monoisotopic (exact) mass is 200 g/mol. The van der Waals surface area contributed by atoms with Crippen LogP contribution < -0.4 is 0 Å². The molecule has 0 spiro atoms. The van der Waals surface area contributed by atoms with Crippen molar-refractivity contribution in [1.29, 1.82) is 0 Å². The summed E-state index contributed by atoms with van der Waals surface area (Å²) in [4.78, 5) is 0. The molecule has 0 aliphatic rings. The first-order valence-corrected chi connectivity index (χ1v) is 5.01. The Balaban J connectivity index is 2.93. The molecule has 0 radical (unpaired) electrons. The van der Waals surface area contributed by atoms with Crippen LogP contribution in [0.1, 0.15) is 19.4 Å². The first-order valence-electron chi connectivity index (χ1n) is 3.91. The second kappa shape index (κ2) is 3.89. The minimum atomic E-state index is -2.81. The van der Waals surface area contributed by atoms with Crippen molar-refractivity contribution < 1.29 is 12.6 Å². The first-order chi connectivity index (χ1) is 6.02. The predicted octanol–water partition coefficient (Wildman–Crippen LogP) is 1.46. The third-order valence-electron chi connectivity index (χ3n) is 1.77. The van der Waals surface area contributed by atoms with Crippen molar-refractivity contribution in [2.24, 2.45) is 0 Å². The molecule has 0 fully saturated rings. The third-order valence-corrected chi connectivity index (χ3v) is 2.38. The summed E-state index contributed by atoms with van der Waals surface area (Å²) in [6.45, 7) is 3.43. The van der Waals surface area contributed by atoms with Gasteiger partial charge in [-0.1, -0.05) is 30.3 Å². The molecule has 0 bridgehead atoms. The molecule has 0 saturated carbocycles. The van der Waals surface area contributed by atoms with Crippen molar-refractivity contribution in [3.63, 3.8) is 0 Å². The Labute approximate surface area is 79.5 Å². The molecule has 1 rings (SSSR count). The summed E-state index contributed by atoms with van der Waals surface area (Å²) in [6, 6.07) is 9.23. The van der Waals surface area contributed by atoms with E-state index < -0.39 is 16.6 Å². The van der Waals surface area contributed by atoms with Gasteiger partial charge < -0.3 is 0 Å². The van der Waals surface area contributed by atoms with Crippen LogP contribution in [0.3, 0.4) is 0 Å².